The van der Waals surface area contributed by atoms with Crippen LogP contribution < -0.4 is 20.3 Å². The number of carbonyl (C=O) groups is 2. The predicted molar refractivity (Wildman–Crippen MR) is 86.0 cm³/mol. The van der Waals surface area contributed by atoms with Gasteiger partial charge >= 0.3 is 0 Å². The number of nitrogens with one attached hydrogen (secondary N) is 2. The lowest BCUT2D eigenvalue weighted by atomic mass is 10.1. The molecular weight excluding hydrogens is 308 g/mol. The number of ether oxygens (including phenoxy) is 2. The maximum Gasteiger partial charge on any atom is 0.269 e. The molecule has 6 nitrogen and oxygen atoms in total. The van der Waals surface area contributed by atoms with Crippen molar-refractivity contribution in [2.75, 3.05) is 6.79 Å². The minimum absolute atomic E-state index is 0.148. The van der Waals surface area contributed by atoms with Crippen molar-refractivity contribution in [3.05, 3.63) is 58.7 Å². The maximum absolute atomic E-state index is 12.2. The second kappa shape index (κ2) is 5.88. The monoisotopic (exact) mass is 324 g/mol. The van der Waals surface area contributed by atoms with Crippen LogP contribution in [-0.4, -0.2) is 18.6 Å². The van der Waals surface area contributed by atoms with E-state index in [1.807, 2.05) is 12.1 Å². The highest BCUT2D eigenvalue weighted by Gasteiger charge is 2.17. The minimum Gasteiger partial charge on any atom is -0.454 e. The number of hydrogen-bond donors (Lipinski definition) is 2. The molecule has 2 N–H and O–H groups in total. The molecule has 0 aromatic heterocycles. The van der Waals surface area contributed by atoms with E-state index in [0.717, 1.165) is 19.3 Å². The lowest BCUT2D eigenvalue weighted by Gasteiger charge is -2.09. The van der Waals surface area contributed by atoms with Crippen molar-refractivity contribution < 1.29 is 19.1 Å². The predicted octanol–water partition coefficient (Wildman–Crippen LogP) is 1.98. The number of fused-ring (bicyclic) bond motifs is 2. The van der Waals surface area contributed by atoms with E-state index in [1.165, 1.54) is 11.1 Å². The molecule has 2 aromatic carbocycles. The first-order valence-electron chi connectivity index (χ1n) is 7.83. The number of hydrazine groups is 1. The van der Waals surface area contributed by atoms with Crippen LogP contribution in [0.15, 0.2) is 36.4 Å². The number of aryl methyl sites for hydroxylation is 2. The fraction of sp³-hybridized carbons (Fsp3) is 0.222. The Balaban J connectivity index is 1.41. The Morgan fingerprint density at radius 1 is 0.792 bits per heavy atom. The number of amides is 2. The van der Waals surface area contributed by atoms with Gasteiger partial charge in [0, 0.05) is 11.1 Å². The summed E-state index contributed by atoms with van der Waals surface area (Å²) in [7, 11) is 0. The molecule has 0 radical (unpaired) electrons. The van der Waals surface area contributed by atoms with Crippen molar-refractivity contribution >= 4 is 11.8 Å². The molecule has 0 fully saturated rings. The van der Waals surface area contributed by atoms with Gasteiger partial charge in [-0.2, -0.15) is 0 Å². The lowest BCUT2D eigenvalue weighted by molar-refractivity contribution is 0.0846. The van der Waals surface area contributed by atoms with E-state index in [9.17, 15) is 9.59 Å². The summed E-state index contributed by atoms with van der Waals surface area (Å²) in [5, 5.41) is 0. The van der Waals surface area contributed by atoms with E-state index in [-0.39, 0.29) is 12.7 Å². The van der Waals surface area contributed by atoms with Crippen LogP contribution in [0.3, 0.4) is 0 Å². The first kappa shape index (κ1) is 14.6. The Bertz CT molecular complexity index is 762. The summed E-state index contributed by atoms with van der Waals surface area (Å²) >= 11 is 0. The quantitative estimate of drug-likeness (QED) is 0.828. The molecule has 0 atom stereocenters. The summed E-state index contributed by atoms with van der Waals surface area (Å²) in [5.41, 5.74) is 8.31. The van der Waals surface area contributed by atoms with Crippen molar-refractivity contribution in [1.82, 2.24) is 10.9 Å². The number of carbonyl (C=O) groups excluding carboxylic acids is 2. The van der Waals surface area contributed by atoms with Crippen LogP contribution in [0, 0.1) is 0 Å². The molecule has 0 saturated heterocycles. The molecule has 1 heterocycles. The Hall–Kier alpha value is -3.02. The van der Waals surface area contributed by atoms with Crippen LogP contribution in [-0.2, 0) is 12.8 Å². The van der Waals surface area contributed by atoms with Crippen molar-refractivity contribution in [3.63, 3.8) is 0 Å². The molecule has 2 aromatic rings. The lowest BCUT2D eigenvalue weighted by Crippen LogP contribution is -2.41. The molecule has 2 aliphatic rings. The zero-order valence-corrected chi connectivity index (χ0v) is 12.9. The fourth-order valence-electron chi connectivity index (χ4n) is 3.01. The molecule has 24 heavy (non-hydrogen) atoms. The Kier molecular flexibility index (Phi) is 3.57. The second-order valence-electron chi connectivity index (χ2n) is 5.81. The van der Waals surface area contributed by atoms with E-state index in [1.54, 1.807) is 24.3 Å². The van der Waals surface area contributed by atoms with Gasteiger partial charge < -0.3 is 9.47 Å². The summed E-state index contributed by atoms with van der Waals surface area (Å²) in [6.45, 7) is 0.148. The highest BCUT2D eigenvalue weighted by atomic mass is 16.7. The average Bonchev–Trinajstić information content (AvgIpc) is 3.26. The fourth-order valence-corrected chi connectivity index (χ4v) is 3.01. The van der Waals surface area contributed by atoms with Gasteiger partial charge in [-0.15, -0.1) is 0 Å². The molecule has 0 saturated carbocycles. The smallest absolute Gasteiger partial charge is 0.269 e. The van der Waals surface area contributed by atoms with Crippen molar-refractivity contribution in [2.45, 2.75) is 19.3 Å². The molecule has 0 spiro atoms. The zero-order valence-electron chi connectivity index (χ0n) is 12.9. The number of hydrogen-bond acceptors (Lipinski definition) is 4. The topological polar surface area (TPSA) is 76.7 Å². The van der Waals surface area contributed by atoms with Gasteiger partial charge in [0.2, 0.25) is 6.79 Å². The van der Waals surface area contributed by atoms with E-state index < -0.39 is 5.91 Å². The molecule has 1 aliphatic heterocycles. The number of benzene rings is 2. The number of rotatable bonds is 2. The third-order valence-corrected chi connectivity index (χ3v) is 4.29. The molecule has 0 unspecified atom stereocenters. The van der Waals surface area contributed by atoms with Gasteiger partial charge in [0.05, 0.1) is 0 Å². The first-order valence-corrected chi connectivity index (χ1v) is 7.83. The van der Waals surface area contributed by atoms with Gasteiger partial charge in [0.25, 0.3) is 11.8 Å². The van der Waals surface area contributed by atoms with Crippen LogP contribution in [0.4, 0.5) is 0 Å². The van der Waals surface area contributed by atoms with E-state index in [0.29, 0.717) is 22.6 Å². The first-order chi connectivity index (χ1) is 11.7. The molecule has 2 amide bonds. The summed E-state index contributed by atoms with van der Waals surface area (Å²) in [4.78, 5) is 24.3. The van der Waals surface area contributed by atoms with Crippen molar-refractivity contribution in [1.29, 1.82) is 0 Å². The Morgan fingerprint density at radius 2 is 1.46 bits per heavy atom. The normalized spacial score (nSPS) is 14.2. The third kappa shape index (κ3) is 2.67. The molecule has 4 rings (SSSR count). The summed E-state index contributed by atoms with van der Waals surface area (Å²) in [6, 6.07) is 10.5. The van der Waals surface area contributed by atoms with Crippen LogP contribution >= 0.6 is 0 Å². The van der Waals surface area contributed by atoms with Crippen LogP contribution in [0.1, 0.15) is 38.3 Å². The molecule has 0 bridgehead atoms. The van der Waals surface area contributed by atoms with Gasteiger partial charge in [-0.25, -0.2) is 0 Å². The third-order valence-electron chi connectivity index (χ3n) is 4.29. The highest BCUT2D eigenvalue weighted by molar-refractivity contribution is 5.99. The van der Waals surface area contributed by atoms with Gasteiger partial charge in [0.1, 0.15) is 0 Å². The molecule has 6 heteroatoms. The summed E-state index contributed by atoms with van der Waals surface area (Å²) in [5.74, 6) is 0.378. The molecule has 122 valence electrons. The molecule has 1 aliphatic carbocycles. The van der Waals surface area contributed by atoms with E-state index >= 15 is 0 Å². The maximum atomic E-state index is 12.2. The SMILES string of the molecule is O=C(NNC(=O)c1ccc2c(c1)OCO2)c1ccc2c(c1)CCC2. The zero-order chi connectivity index (χ0) is 16.5. The van der Waals surface area contributed by atoms with Crippen LogP contribution in [0.25, 0.3) is 0 Å². The average molecular weight is 324 g/mol. The Labute approximate surface area is 138 Å². The highest BCUT2D eigenvalue weighted by Crippen LogP contribution is 2.32. The Morgan fingerprint density at radius 3 is 2.29 bits per heavy atom. The van der Waals surface area contributed by atoms with Gasteiger partial charge in [-0.1, -0.05) is 6.07 Å². The summed E-state index contributed by atoms with van der Waals surface area (Å²) in [6.07, 6.45) is 3.19. The largest absolute Gasteiger partial charge is 0.454 e. The standard InChI is InChI=1S/C18H16N2O4/c21-17(13-5-4-11-2-1-3-12(11)8-13)19-20-18(22)14-6-7-15-16(9-14)24-10-23-15/h4-9H,1-3,10H2,(H,19,21)(H,20,22). The van der Waals surface area contributed by atoms with Crippen molar-refractivity contribution in [3.8, 4) is 11.5 Å². The minimum atomic E-state index is -0.414. The second-order valence-corrected chi connectivity index (χ2v) is 5.81. The van der Waals surface area contributed by atoms with Crippen LogP contribution in [0.5, 0.6) is 11.5 Å². The van der Waals surface area contributed by atoms with Crippen molar-refractivity contribution in [2.24, 2.45) is 0 Å². The molecular formula is C18H16N2O4. The van der Waals surface area contributed by atoms with E-state index in [2.05, 4.69) is 10.9 Å². The van der Waals surface area contributed by atoms with Gasteiger partial charge in [0.15, 0.2) is 11.5 Å². The van der Waals surface area contributed by atoms with Gasteiger partial charge in [-0.05, 0) is 60.7 Å². The van der Waals surface area contributed by atoms with Crippen LogP contribution in [0.2, 0.25) is 0 Å². The summed E-state index contributed by atoms with van der Waals surface area (Å²) < 4.78 is 10.4. The van der Waals surface area contributed by atoms with E-state index in [4.69, 9.17) is 9.47 Å². The van der Waals surface area contributed by atoms with Gasteiger partial charge in [-0.3, -0.25) is 20.4 Å².